The predicted molar refractivity (Wildman–Crippen MR) is 70.8 cm³/mol. The third-order valence-electron chi connectivity index (χ3n) is 3.57. The minimum Gasteiger partial charge on any atom is -0.376 e. The van der Waals surface area contributed by atoms with E-state index in [1.165, 1.54) is 36.8 Å². The summed E-state index contributed by atoms with van der Waals surface area (Å²) in [4.78, 5) is 0. The average molecular weight is 233 g/mol. The van der Waals surface area contributed by atoms with Gasteiger partial charge < -0.3 is 10.1 Å². The van der Waals surface area contributed by atoms with E-state index in [1.54, 1.807) is 0 Å². The average Bonchev–Trinajstić information content (AvgIpc) is 2.85. The van der Waals surface area contributed by atoms with E-state index in [0.29, 0.717) is 0 Å². The summed E-state index contributed by atoms with van der Waals surface area (Å²) < 4.78 is 5.86. The van der Waals surface area contributed by atoms with Gasteiger partial charge in [-0.2, -0.15) is 0 Å². The Balaban J connectivity index is 1.80. The first-order valence-corrected chi connectivity index (χ1v) is 6.69. The Morgan fingerprint density at radius 3 is 2.59 bits per heavy atom. The van der Waals surface area contributed by atoms with Crippen LogP contribution in [-0.4, -0.2) is 13.7 Å². The molecule has 94 valence electrons. The van der Waals surface area contributed by atoms with E-state index in [2.05, 4.69) is 29.6 Å². The van der Waals surface area contributed by atoms with Crippen molar-refractivity contribution in [2.24, 2.45) is 5.92 Å². The first-order valence-electron chi connectivity index (χ1n) is 6.69. The molecule has 2 nitrogen and oxygen atoms in total. The molecule has 2 rings (SSSR count). The second-order valence-corrected chi connectivity index (χ2v) is 4.96. The first kappa shape index (κ1) is 12.6. The minimum atomic E-state index is 0.758. The van der Waals surface area contributed by atoms with E-state index in [9.17, 15) is 0 Å². The van der Waals surface area contributed by atoms with Gasteiger partial charge in [-0.1, -0.05) is 37.1 Å². The molecule has 1 saturated carbocycles. The maximum Gasteiger partial charge on any atom is 0.0720 e. The lowest BCUT2D eigenvalue weighted by molar-refractivity contribution is 0.0884. The fourth-order valence-electron chi connectivity index (χ4n) is 2.57. The van der Waals surface area contributed by atoms with Crippen molar-refractivity contribution in [1.29, 1.82) is 0 Å². The van der Waals surface area contributed by atoms with E-state index >= 15 is 0 Å². The van der Waals surface area contributed by atoms with Crippen molar-refractivity contribution >= 4 is 0 Å². The van der Waals surface area contributed by atoms with Crippen LogP contribution >= 0.6 is 0 Å². The van der Waals surface area contributed by atoms with Crippen molar-refractivity contribution in [3.63, 3.8) is 0 Å². The quantitative estimate of drug-likeness (QED) is 0.815. The van der Waals surface area contributed by atoms with Gasteiger partial charge in [-0.3, -0.25) is 0 Å². The molecule has 0 aliphatic heterocycles. The maximum absolute atomic E-state index is 5.86. The van der Waals surface area contributed by atoms with Crippen molar-refractivity contribution in [2.45, 2.75) is 38.8 Å². The van der Waals surface area contributed by atoms with Gasteiger partial charge in [-0.15, -0.1) is 0 Å². The van der Waals surface area contributed by atoms with Gasteiger partial charge in [0, 0.05) is 13.2 Å². The van der Waals surface area contributed by atoms with E-state index in [1.807, 2.05) is 7.05 Å². The Morgan fingerprint density at radius 1 is 1.18 bits per heavy atom. The highest BCUT2D eigenvalue weighted by molar-refractivity contribution is 5.26. The molecule has 2 heteroatoms. The highest BCUT2D eigenvalue weighted by Gasteiger charge is 2.14. The zero-order valence-electron chi connectivity index (χ0n) is 10.7. The Hall–Kier alpha value is -0.860. The van der Waals surface area contributed by atoms with Crippen LogP contribution in [0.4, 0.5) is 0 Å². The van der Waals surface area contributed by atoms with Gasteiger partial charge in [0.15, 0.2) is 0 Å². The molecule has 0 atom stereocenters. The number of benzene rings is 1. The van der Waals surface area contributed by atoms with Crippen LogP contribution in [0.1, 0.15) is 36.8 Å². The lowest BCUT2D eigenvalue weighted by Gasteiger charge is -2.12. The summed E-state index contributed by atoms with van der Waals surface area (Å²) >= 11 is 0. The van der Waals surface area contributed by atoms with E-state index < -0.39 is 0 Å². The normalized spacial score (nSPS) is 16.5. The summed E-state index contributed by atoms with van der Waals surface area (Å²) in [6, 6.07) is 8.52. The van der Waals surface area contributed by atoms with Crippen LogP contribution in [0, 0.1) is 5.92 Å². The van der Waals surface area contributed by atoms with Crippen molar-refractivity contribution in [3.8, 4) is 0 Å². The highest BCUT2D eigenvalue weighted by Crippen LogP contribution is 2.25. The third-order valence-corrected chi connectivity index (χ3v) is 3.57. The molecule has 0 spiro atoms. The highest BCUT2D eigenvalue weighted by atomic mass is 16.5. The summed E-state index contributed by atoms with van der Waals surface area (Å²) in [6.07, 6.45) is 5.51. The summed E-state index contributed by atoms with van der Waals surface area (Å²) in [5, 5.41) is 3.20. The van der Waals surface area contributed by atoms with Crippen LogP contribution in [0.2, 0.25) is 0 Å². The number of rotatable bonds is 6. The molecular formula is C15H23NO. The molecule has 1 N–H and O–H groups in total. The summed E-state index contributed by atoms with van der Waals surface area (Å²) in [5.74, 6) is 0.812. The van der Waals surface area contributed by atoms with Gasteiger partial charge in [0.05, 0.1) is 6.61 Å². The molecule has 1 fully saturated rings. The Kier molecular flexibility index (Phi) is 5.02. The van der Waals surface area contributed by atoms with Crippen LogP contribution in [0.15, 0.2) is 24.3 Å². The standard InChI is InChI=1S/C15H23NO/c1-16-10-14-8-4-5-9-15(14)12-17-11-13-6-2-3-7-13/h4-5,8-9,13,16H,2-3,6-7,10-12H2,1H3. The molecule has 1 aromatic carbocycles. The van der Waals surface area contributed by atoms with Gasteiger partial charge in [-0.05, 0) is 36.9 Å². The Labute approximate surface area is 104 Å². The van der Waals surface area contributed by atoms with Crippen LogP contribution < -0.4 is 5.32 Å². The van der Waals surface area contributed by atoms with Gasteiger partial charge in [0.2, 0.25) is 0 Å². The summed E-state index contributed by atoms with van der Waals surface area (Å²) in [5.41, 5.74) is 2.67. The van der Waals surface area contributed by atoms with E-state index in [-0.39, 0.29) is 0 Å². The summed E-state index contributed by atoms with van der Waals surface area (Å²) in [6.45, 7) is 2.62. The zero-order valence-corrected chi connectivity index (χ0v) is 10.7. The second kappa shape index (κ2) is 6.77. The molecule has 1 aliphatic rings. The lowest BCUT2D eigenvalue weighted by Crippen LogP contribution is -2.10. The molecule has 1 aliphatic carbocycles. The van der Waals surface area contributed by atoms with Crippen LogP contribution in [0.25, 0.3) is 0 Å². The molecule has 0 radical (unpaired) electrons. The molecule has 0 aromatic heterocycles. The van der Waals surface area contributed by atoms with E-state index in [4.69, 9.17) is 4.74 Å². The fraction of sp³-hybridized carbons (Fsp3) is 0.600. The largest absolute Gasteiger partial charge is 0.376 e. The summed E-state index contributed by atoms with van der Waals surface area (Å²) in [7, 11) is 1.98. The number of nitrogens with one attached hydrogen (secondary N) is 1. The first-order chi connectivity index (χ1) is 8.40. The van der Waals surface area contributed by atoms with Gasteiger partial charge >= 0.3 is 0 Å². The van der Waals surface area contributed by atoms with Crippen molar-refractivity contribution in [1.82, 2.24) is 5.32 Å². The number of ether oxygens (including phenoxy) is 1. The maximum atomic E-state index is 5.86. The van der Waals surface area contributed by atoms with Crippen molar-refractivity contribution in [3.05, 3.63) is 35.4 Å². The smallest absolute Gasteiger partial charge is 0.0720 e. The van der Waals surface area contributed by atoms with Gasteiger partial charge in [0.25, 0.3) is 0 Å². The molecule has 0 saturated heterocycles. The third kappa shape index (κ3) is 3.83. The van der Waals surface area contributed by atoms with Gasteiger partial charge in [0.1, 0.15) is 0 Å². The molecule has 0 bridgehead atoms. The Bertz CT molecular complexity index is 331. The fourth-order valence-corrected chi connectivity index (χ4v) is 2.57. The minimum absolute atomic E-state index is 0.758. The topological polar surface area (TPSA) is 21.3 Å². The second-order valence-electron chi connectivity index (χ2n) is 4.96. The molecule has 0 unspecified atom stereocenters. The number of hydrogen-bond acceptors (Lipinski definition) is 2. The monoisotopic (exact) mass is 233 g/mol. The molecule has 0 amide bonds. The molecular weight excluding hydrogens is 210 g/mol. The Morgan fingerprint density at radius 2 is 1.88 bits per heavy atom. The molecule has 17 heavy (non-hydrogen) atoms. The van der Waals surface area contributed by atoms with Crippen molar-refractivity contribution in [2.75, 3.05) is 13.7 Å². The molecule has 1 aromatic rings. The predicted octanol–water partition coefficient (Wildman–Crippen LogP) is 3.11. The van der Waals surface area contributed by atoms with Crippen LogP contribution in [0.5, 0.6) is 0 Å². The SMILES string of the molecule is CNCc1ccccc1COCC1CCCC1. The van der Waals surface area contributed by atoms with Crippen LogP contribution in [-0.2, 0) is 17.9 Å². The van der Waals surface area contributed by atoms with Crippen molar-refractivity contribution < 1.29 is 4.74 Å². The number of hydrogen-bond donors (Lipinski definition) is 1. The van der Waals surface area contributed by atoms with Gasteiger partial charge in [-0.25, -0.2) is 0 Å². The van der Waals surface area contributed by atoms with Crippen LogP contribution in [0.3, 0.4) is 0 Å². The lowest BCUT2D eigenvalue weighted by atomic mass is 10.1. The van der Waals surface area contributed by atoms with E-state index in [0.717, 1.165) is 25.7 Å². The zero-order chi connectivity index (χ0) is 11.9. The molecule has 0 heterocycles.